The lowest BCUT2D eigenvalue weighted by molar-refractivity contribution is 0.0548. The summed E-state index contributed by atoms with van der Waals surface area (Å²) in [4.78, 5) is 2.45. The van der Waals surface area contributed by atoms with Crippen LogP contribution in [0, 0.1) is 0 Å². The molecule has 4 rings (SSSR count). The van der Waals surface area contributed by atoms with Crippen molar-refractivity contribution >= 4 is 29.6 Å². The predicted octanol–water partition coefficient (Wildman–Crippen LogP) is 4.23. The molecular formula is C24H32N4OS. The van der Waals surface area contributed by atoms with Crippen molar-refractivity contribution in [1.82, 2.24) is 15.6 Å². The third-order valence-electron chi connectivity index (χ3n) is 6.07. The Labute approximate surface area is 185 Å². The van der Waals surface area contributed by atoms with Crippen LogP contribution in [0.3, 0.4) is 0 Å². The molecule has 0 unspecified atom stereocenters. The van der Waals surface area contributed by atoms with Gasteiger partial charge in [-0.2, -0.15) is 5.10 Å². The van der Waals surface area contributed by atoms with Crippen molar-refractivity contribution in [3.8, 4) is 0 Å². The highest BCUT2D eigenvalue weighted by Crippen LogP contribution is 2.34. The summed E-state index contributed by atoms with van der Waals surface area (Å²) in [6.45, 7) is 3.40. The zero-order valence-electron chi connectivity index (χ0n) is 17.6. The molecule has 1 aromatic rings. The van der Waals surface area contributed by atoms with Gasteiger partial charge in [-0.05, 0) is 60.7 Å². The molecule has 0 amide bonds. The van der Waals surface area contributed by atoms with Crippen LogP contribution < -0.4 is 10.7 Å². The van der Waals surface area contributed by atoms with Crippen LogP contribution in [0.2, 0.25) is 0 Å². The average Bonchev–Trinajstić information content (AvgIpc) is 3.18. The van der Waals surface area contributed by atoms with Crippen molar-refractivity contribution in [2.24, 2.45) is 5.10 Å². The van der Waals surface area contributed by atoms with Gasteiger partial charge in [0.15, 0.2) is 5.11 Å². The Kier molecular flexibility index (Phi) is 7.54. The van der Waals surface area contributed by atoms with Crippen molar-refractivity contribution in [2.45, 2.75) is 51.0 Å². The third kappa shape index (κ3) is 5.70. The van der Waals surface area contributed by atoms with E-state index in [0.29, 0.717) is 11.2 Å². The molecule has 1 aliphatic heterocycles. The molecule has 1 heterocycles. The van der Waals surface area contributed by atoms with E-state index in [9.17, 15) is 0 Å². The second-order valence-electron chi connectivity index (χ2n) is 8.23. The highest BCUT2D eigenvalue weighted by molar-refractivity contribution is 7.80. The van der Waals surface area contributed by atoms with E-state index in [0.717, 1.165) is 39.1 Å². The minimum atomic E-state index is 0.490. The summed E-state index contributed by atoms with van der Waals surface area (Å²) in [6.07, 6.45) is 12.6. The number of thiocarbonyl (C=S) groups is 1. The van der Waals surface area contributed by atoms with E-state index in [1.54, 1.807) is 0 Å². The standard InChI is InChI=1S/C24H32N4OS/c30-24(26-22-9-5-2-6-10-22)27-25-18-21-12-11-20(17-19-7-3-1-4-8-19)23(21)28-13-15-29-16-14-28/h1,3-4,7-8,17-18,22H,2,5-6,9-16H2,(H2,26,27,30)/b20-17+,25-18+. The number of hydrazone groups is 1. The van der Waals surface area contributed by atoms with Gasteiger partial charge in [0, 0.05) is 24.8 Å². The molecule has 0 radical (unpaired) electrons. The first kappa shape index (κ1) is 21.1. The number of morpholine rings is 1. The summed E-state index contributed by atoms with van der Waals surface area (Å²) < 4.78 is 5.58. The monoisotopic (exact) mass is 424 g/mol. The number of allylic oxidation sites excluding steroid dienone is 2. The molecule has 0 atom stereocenters. The molecular weight excluding hydrogens is 392 g/mol. The number of hydrogen-bond acceptors (Lipinski definition) is 4. The molecule has 1 saturated carbocycles. The van der Waals surface area contributed by atoms with Gasteiger partial charge in [-0.25, -0.2) is 0 Å². The van der Waals surface area contributed by atoms with Crippen LogP contribution in [-0.4, -0.2) is 48.6 Å². The third-order valence-corrected chi connectivity index (χ3v) is 6.28. The lowest BCUT2D eigenvalue weighted by atomic mass is 9.96. The highest BCUT2D eigenvalue weighted by Gasteiger charge is 2.25. The van der Waals surface area contributed by atoms with E-state index in [1.807, 2.05) is 6.21 Å². The first-order valence-corrected chi connectivity index (χ1v) is 11.6. The van der Waals surface area contributed by atoms with Gasteiger partial charge in [-0.15, -0.1) is 0 Å². The molecule has 5 nitrogen and oxygen atoms in total. The van der Waals surface area contributed by atoms with Gasteiger partial charge in [-0.3, -0.25) is 5.43 Å². The van der Waals surface area contributed by atoms with E-state index in [4.69, 9.17) is 17.0 Å². The van der Waals surface area contributed by atoms with Crippen LogP contribution in [-0.2, 0) is 4.74 Å². The van der Waals surface area contributed by atoms with E-state index >= 15 is 0 Å². The van der Waals surface area contributed by atoms with E-state index in [1.165, 1.54) is 54.5 Å². The fourth-order valence-corrected chi connectivity index (χ4v) is 4.77. The van der Waals surface area contributed by atoms with Crippen molar-refractivity contribution < 1.29 is 4.74 Å². The number of benzene rings is 1. The van der Waals surface area contributed by atoms with E-state index in [-0.39, 0.29) is 0 Å². The molecule has 1 saturated heterocycles. The number of nitrogens with one attached hydrogen (secondary N) is 2. The van der Waals surface area contributed by atoms with Gasteiger partial charge in [-0.1, -0.05) is 49.6 Å². The SMILES string of the molecule is S=C(N/N=C/C1=C(N2CCOCC2)C(=C/c2ccccc2)/CC1)NC1CCCCC1. The molecule has 3 aliphatic rings. The maximum atomic E-state index is 5.58. The molecule has 1 aromatic carbocycles. The molecule has 0 spiro atoms. The zero-order valence-corrected chi connectivity index (χ0v) is 18.4. The Morgan fingerprint density at radius 2 is 1.83 bits per heavy atom. The Bertz CT molecular complexity index is 806. The number of hydrogen-bond donors (Lipinski definition) is 2. The van der Waals surface area contributed by atoms with Crippen LogP contribution in [0.15, 0.2) is 52.3 Å². The number of rotatable bonds is 5. The summed E-state index contributed by atoms with van der Waals surface area (Å²) in [5.41, 5.74) is 8.25. The Morgan fingerprint density at radius 1 is 1.07 bits per heavy atom. The predicted molar refractivity (Wildman–Crippen MR) is 127 cm³/mol. The maximum absolute atomic E-state index is 5.58. The van der Waals surface area contributed by atoms with Gasteiger partial charge in [0.05, 0.1) is 19.4 Å². The first-order valence-electron chi connectivity index (χ1n) is 11.2. The van der Waals surface area contributed by atoms with Gasteiger partial charge in [0.2, 0.25) is 0 Å². The fourth-order valence-electron chi connectivity index (χ4n) is 4.56. The minimum Gasteiger partial charge on any atom is -0.378 e. The number of nitrogens with zero attached hydrogens (tertiary/aromatic N) is 2. The lowest BCUT2D eigenvalue weighted by Gasteiger charge is -2.31. The summed E-state index contributed by atoms with van der Waals surface area (Å²) in [7, 11) is 0. The minimum absolute atomic E-state index is 0.490. The molecule has 2 N–H and O–H groups in total. The second-order valence-corrected chi connectivity index (χ2v) is 8.64. The molecule has 0 aromatic heterocycles. The van der Waals surface area contributed by atoms with E-state index in [2.05, 4.69) is 57.2 Å². The molecule has 30 heavy (non-hydrogen) atoms. The van der Waals surface area contributed by atoms with Crippen LogP contribution >= 0.6 is 12.2 Å². The molecule has 2 aliphatic carbocycles. The second kappa shape index (κ2) is 10.7. The Morgan fingerprint density at radius 3 is 2.60 bits per heavy atom. The van der Waals surface area contributed by atoms with Crippen molar-refractivity contribution in [2.75, 3.05) is 26.3 Å². The van der Waals surface area contributed by atoms with Crippen LogP contribution in [0.25, 0.3) is 6.08 Å². The lowest BCUT2D eigenvalue weighted by Crippen LogP contribution is -2.40. The molecule has 160 valence electrons. The Hall–Kier alpha value is -2.18. The first-order chi connectivity index (χ1) is 14.8. The Balaban J connectivity index is 1.46. The van der Waals surface area contributed by atoms with Crippen molar-refractivity contribution in [3.63, 3.8) is 0 Å². The van der Waals surface area contributed by atoms with Gasteiger partial charge in [0.1, 0.15) is 0 Å². The fraction of sp³-hybridized carbons (Fsp3) is 0.500. The molecule has 0 bridgehead atoms. The normalized spacial score (nSPS) is 22.1. The maximum Gasteiger partial charge on any atom is 0.187 e. The summed E-state index contributed by atoms with van der Waals surface area (Å²) in [5.74, 6) is 0. The van der Waals surface area contributed by atoms with Gasteiger partial charge < -0.3 is 15.0 Å². The van der Waals surface area contributed by atoms with Crippen molar-refractivity contribution in [1.29, 1.82) is 0 Å². The van der Waals surface area contributed by atoms with Gasteiger partial charge >= 0.3 is 0 Å². The largest absolute Gasteiger partial charge is 0.378 e. The number of ether oxygens (including phenoxy) is 1. The molecule has 6 heteroatoms. The zero-order chi connectivity index (χ0) is 20.6. The van der Waals surface area contributed by atoms with E-state index < -0.39 is 0 Å². The van der Waals surface area contributed by atoms with Gasteiger partial charge in [0.25, 0.3) is 0 Å². The highest BCUT2D eigenvalue weighted by atomic mass is 32.1. The molecule has 2 fully saturated rings. The van der Waals surface area contributed by atoms with Crippen LogP contribution in [0.5, 0.6) is 0 Å². The summed E-state index contributed by atoms with van der Waals surface area (Å²) >= 11 is 5.45. The quantitative estimate of drug-likeness (QED) is 0.421. The van der Waals surface area contributed by atoms with Crippen LogP contribution in [0.4, 0.5) is 0 Å². The topological polar surface area (TPSA) is 48.9 Å². The summed E-state index contributed by atoms with van der Waals surface area (Å²) in [5, 5.41) is 8.53. The van der Waals surface area contributed by atoms with Crippen molar-refractivity contribution in [3.05, 3.63) is 52.7 Å². The summed E-state index contributed by atoms with van der Waals surface area (Å²) in [6, 6.07) is 11.0. The smallest absolute Gasteiger partial charge is 0.187 e. The average molecular weight is 425 g/mol. The van der Waals surface area contributed by atoms with Crippen LogP contribution in [0.1, 0.15) is 50.5 Å².